The van der Waals surface area contributed by atoms with Crippen LogP contribution in [-0.4, -0.2) is 49.5 Å². The van der Waals surface area contributed by atoms with Gasteiger partial charge in [0.25, 0.3) is 11.1 Å². The normalized spacial score (nSPS) is 12.3. The van der Waals surface area contributed by atoms with Gasteiger partial charge in [0.1, 0.15) is 0 Å². The molecule has 0 aliphatic rings. The predicted octanol–water partition coefficient (Wildman–Crippen LogP) is 0.822. The third-order valence-corrected chi connectivity index (χ3v) is 7.34. The Bertz CT molecular complexity index is 1510. The zero-order valence-electron chi connectivity index (χ0n) is 17.4. The molecule has 0 aliphatic heterocycles. The molecule has 0 saturated heterocycles. The molecule has 162 valence electrons. The number of pyridine rings is 1. The summed E-state index contributed by atoms with van der Waals surface area (Å²) in [6.07, 6.45) is 1.32. The molecule has 0 atom stereocenters. The van der Waals surface area contributed by atoms with Crippen LogP contribution in [0.15, 0.2) is 57.1 Å². The minimum absolute atomic E-state index is 0.0101. The quantitative estimate of drug-likeness (QED) is 0.437. The van der Waals surface area contributed by atoms with E-state index in [4.69, 9.17) is 0 Å². The van der Waals surface area contributed by atoms with Gasteiger partial charge < -0.3 is 4.57 Å². The molecule has 11 heteroatoms. The predicted molar refractivity (Wildman–Crippen MR) is 116 cm³/mol. The summed E-state index contributed by atoms with van der Waals surface area (Å²) in [5.41, 5.74) is 0.0384. The molecule has 0 aliphatic carbocycles. The Hall–Kier alpha value is -3.31. The summed E-state index contributed by atoms with van der Waals surface area (Å²) in [4.78, 5) is 25.1. The minimum atomic E-state index is -3.72. The third-order valence-electron chi connectivity index (χ3n) is 5.30. The van der Waals surface area contributed by atoms with Crippen LogP contribution in [0.5, 0.6) is 0 Å². The smallest absolute Gasteiger partial charge is 0.262 e. The van der Waals surface area contributed by atoms with E-state index < -0.39 is 10.0 Å². The zero-order valence-corrected chi connectivity index (χ0v) is 18.2. The highest BCUT2D eigenvalue weighted by Crippen LogP contribution is 2.16. The molecule has 1 aromatic carbocycles. The van der Waals surface area contributed by atoms with Crippen LogP contribution in [0, 0.1) is 0 Å². The molecule has 0 fully saturated rings. The Morgan fingerprint density at radius 3 is 2.42 bits per heavy atom. The summed E-state index contributed by atoms with van der Waals surface area (Å²) < 4.78 is 31.4. The van der Waals surface area contributed by atoms with E-state index >= 15 is 0 Å². The molecule has 0 spiro atoms. The van der Waals surface area contributed by atoms with Crippen molar-refractivity contribution in [1.82, 2.24) is 28.0 Å². The molecule has 3 aromatic heterocycles. The first-order valence-corrected chi connectivity index (χ1v) is 11.3. The second kappa shape index (κ2) is 7.75. The topological polar surface area (TPSA) is 112 Å². The highest BCUT2D eigenvalue weighted by Gasteiger charge is 2.23. The van der Waals surface area contributed by atoms with Gasteiger partial charge in [-0.25, -0.2) is 8.42 Å². The van der Waals surface area contributed by atoms with Crippen molar-refractivity contribution in [2.45, 2.75) is 25.3 Å². The van der Waals surface area contributed by atoms with E-state index in [1.807, 2.05) is 0 Å². The largest absolute Gasteiger partial charge is 0.307 e. The average molecular weight is 443 g/mol. The summed E-state index contributed by atoms with van der Waals surface area (Å²) in [6, 6.07) is 9.60. The zero-order chi connectivity index (χ0) is 22.3. The van der Waals surface area contributed by atoms with E-state index in [9.17, 15) is 18.0 Å². The number of hydrogen-bond acceptors (Lipinski definition) is 6. The number of benzene rings is 1. The van der Waals surface area contributed by atoms with Crippen LogP contribution in [0.25, 0.3) is 16.7 Å². The molecular formula is C20H22N6O4S. The van der Waals surface area contributed by atoms with Crippen molar-refractivity contribution >= 4 is 26.7 Å². The van der Waals surface area contributed by atoms with Crippen LogP contribution in [0.3, 0.4) is 0 Å². The summed E-state index contributed by atoms with van der Waals surface area (Å²) in [7, 11) is -2.12. The second-order valence-electron chi connectivity index (χ2n) is 7.05. The Kier molecular flexibility index (Phi) is 5.23. The van der Waals surface area contributed by atoms with Crippen molar-refractivity contribution in [2.24, 2.45) is 7.05 Å². The van der Waals surface area contributed by atoms with Crippen molar-refractivity contribution in [3.63, 3.8) is 0 Å². The maximum Gasteiger partial charge on any atom is 0.262 e. The lowest BCUT2D eigenvalue weighted by Crippen LogP contribution is -2.32. The van der Waals surface area contributed by atoms with Crippen molar-refractivity contribution in [1.29, 1.82) is 0 Å². The number of rotatable bonds is 6. The summed E-state index contributed by atoms with van der Waals surface area (Å²) >= 11 is 0. The lowest BCUT2D eigenvalue weighted by atomic mass is 10.2. The van der Waals surface area contributed by atoms with Gasteiger partial charge in [-0.05, 0) is 18.2 Å². The lowest BCUT2D eigenvalue weighted by Gasteiger charge is -2.19. The van der Waals surface area contributed by atoms with Crippen molar-refractivity contribution in [3.8, 4) is 0 Å². The van der Waals surface area contributed by atoms with Crippen molar-refractivity contribution in [2.75, 3.05) is 13.1 Å². The minimum Gasteiger partial charge on any atom is -0.307 e. The molecule has 4 rings (SSSR count). The molecule has 0 unspecified atom stereocenters. The van der Waals surface area contributed by atoms with Gasteiger partial charge in [-0.15, -0.1) is 10.2 Å². The molecule has 0 radical (unpaired) electrons. The fourth-order valence-corrected chi connectivity index (χ4v) is 5.12. The molecular weight excluding hydrogens is 420 g/mol. The molecule has 0 amide bonds. The fraction of sp³-hybridized carbons (Fsp3) is 0.300. The monoisotopic (exact) mass is 442 g/mol. The van der Waals surface area contributed by atoms with Crippen LogP contribution in [0.4, 0.5) is 0 Å². The van der Waals surface area contributed by atoms with Gasteiger partial charge in [0.2, 0.25) is 15.8 Å². The molecule has 31 heavy (non-hydrogen) atoms. The van der Waals surface area contributed by atoms with Crippen LogP contribution in [-0.2, 0) is 23.6 Å². The second-order valence-corrected chi connectivity index (χ2v) is 8.99. The Morgan fingerprint density at radius 1 is 1.00 bits per heavy atom. The van der Waals surface area contributed by atoms with Crippen molar-refractivity contribution in [3.05, 3.63) is 69.1 Å². The van der Waals surface area contributed by atoms with Gasteiger partial charge in [-0.3, -0.25) is 18.6 Å². The number of para-hydroxylation sites is 1. The number of hydrogen-bond donors (Lipinski definition) is 0. The van der Waals surface area contributed by atoms with Gasteiger partial charge in [0.05, 0.1) is 22.3 Å². The van der Waals surface area contributed by atoms with E-state index in [2.05, 4.69) is 10.2 Å². The van der Waals surface area contributed by atoms with Crippen LogP contribution in [0.1, 0.15) is 19.7 Å². The van der Waals surface area contributed by atoms with Crippen molar-refractivity contribution < 1.29 is 8.42 Å². The molecule has 0 bridgehead atoms. The van der Waals surface area contributed by atoms with E-state index in [1.165, 1.54) is 31.8 Å². The van der Waals surface area contributed by atoms with E-state index in [1.54, 1.807) is 49.6 Å². The third kappa shape index (κ3) is 3.35. The van der Waals surface area contributed by atoms with Gasteiger partial charge in [-0.2, -0.15) is 4.31 Å². The van der Waals surface area contributed by atoms with Gasteiger partial charge in [-0.1, -0.05) is 26.0 Å². The first-order chi connectivity index (χ1) is 14.8. The number of nitrogens with zero attached hydrogens (tertiary/aromatic N) is 6. The molecule has 0 N–H and O–H groups in total. The number of fused-ring (bicyclic) bond motifs is 3. The maximum atomic E-state index is 12.9. The van der Waals surface area contributed by atoms with E-state index in [0.717, 1.165) is 0 Å². The van der Waals surface area contributed by atoms with E-state index in [-0.39, 0.29) is 22.6 Å². The summed E-state index contributed by atoms with van der Waals surface area (Å²) in [5, 5.41) is 8.78. The summed E-state index contributed by atoms with van der Waals surface area (Å²) in [5.74, 6) is 0.736. The number of aromatic nitrogens is 5. The first kappa shape index (κ1) is 20.9. The Morgan fingerprint density at radius 2 is 1.71 bits per heavy atom. The number of aryl methyl sites for hydroxylation is 1. The highest BCUT2D eigenvalue weighted by atomic mass is 32.2. The first-order valence-electron chi connectivity index (χ1n) is 9.82. The molecule has 10 nitrogen and oxygen atoms in total. The molecule has 4 aromatic rings. The van der Waals surface area contributed by atoms with E-state index in [0.29, 0.717) is 35.6 Å². The SMILES string of the molecule is CCN(CC)S(=O)(=O)c1ccc(=O)n(Cc2nnc3n(C)c(=O)c4ccccc4n23)c1. The number of sulfonamides is 1. The lowest BCUT2D eigenvalue weighted by molar-refractivity contribution is 0.444. The molecule has 0 saturated carbocycles. The van der Waals surface area contributed by atoms with Gasteiger partial charge in [0, 0.05) is 32.4 Å². The summed E-state index contributed by atoms with van der Waals surface area (Å²) in [6.45, 7) is 4.16. The van der Waals surface area contributed by atoms with Gasteiger partial charge in [0.15, 0.2) is 5.82 Å². The Balaban J connectivity index is 1.88. The van der Waals surface area contributed by atoms with Crippen LogP contribution >= 0.6 is 0 Å². The van der Waals surface area contributed by atoms with Crippen LogP contribution < -0.4 is 11.1 Å². The maximum absolute atomic E-state index is 12.9. The standard InChI is InChI=1S/C20H22N6O4S/c1-4-25(5-2)31(29,30)14-10-11-18(27)24(12-14)13-17-21-22-20-23(3)19(28)15-8-6-7-9-16(15)26(17)20/h6-12H,4-5,13H2,1-3H3. The molecule has 3 heterocycles. The van der Waals surface area contributed by atoms with Gasteiger partial charge >= 0.3 is 0 Å². The fourth-order valence-electron chi connectivity index (χ4n) is 3.64. The Labute approximate surface area is 178 Å². The average Bonchev–Trinajstić information content (AvgIpc) is 3.18. The highest BCUT2D eigenvalue weighted by molar-refractivity contribution is 7.89. The van der Waals surface area contributed by atoms with Crippen LogP contribution in [0.2, 0.25) is 0 Å².